The van der Waals surface area contributed by atoms with Gasteiger partial charge in [-0.2, -0.15) is 10.2 Å². The van der Waals surface area contributed by atoms with Gasteiger partial charge in [0.05, 0.1) is 48.3 Å². The van der Waals surface area contributed by atoms with Crippen LogP contribution in [-0.2, 0) is 4.74 Å². The Morgan fingerprint density at radius 2 is 1.83 bits per heavy atom. The van der Waals surface area contributed by atoms with Crippen LogP contribution in [0.4, 0.5) is 0 Å². The minimum atomic E-state index is -0.520. The van der Waals surface area contributed by atoms with Gasteiger partial charge in [-0.1, -0.05) is 12.7 Å². The van der Waals surface area contributed by atoms with E-state index in [1.165, 1.54) is 37.9 Å². The van der Waals surface area contributed by atoms with Crippen LogP contribution < -0.4 is 10.9 Å². The number of aromatic nitrogens is 1. The van der Waals surface area contributed by atoms with Gasteiger partial charge in [-0.3, -0.25) is 14.6 Å². The maximum absolute atomic E-state index is 12.4. The summed E-state index contributed by atoms with van der Waals surface area (Å²) in [6.07, 6.45) is 7.29. The SMILES string of the molecule is C=CC=C(C=NNC(=O)c1cc(C(=O)NN=Cc2ccco2)c(C)nc1C)OC. The van der Waals surface area contributed by atoms with Crippen molar-refractivity contribution < 1.29 is 18.7 Å². The van der Waals surface area contributed by atoms with Crippen LogP contribution in [-0.4, -0.2) is 36.3 Å². The first-order valence-corrected chi connectivity index (χ1v) is 8.51. The Balaban J connectivity index is 2.14. The normalized spacial score (nSPS) is 11.6. The zero-order chi connectivity index (χ0) is 21.2. The molecule has 0 aromatic carbocycles. The van der Waals surface area contributed by atoms with Crippen molar-refractivity contribution in [3.8, 4) is 0 Å². The van der Waals surface area contributed by atoms with Crippen molar-refractivity contribution in [1.29, 1.82) is 0 Å². The number of carbonyl (C=O) groups is 2. The number of hydrogen-bond acceptors (Lipinski definition) is 7. The van der Waals surface area contributed by atoms with E-state index in [-0.39, 0.29) is 11.1 Å². The molecule has 2 amide bonds. The molecule has 9 nitrogen and oxygen atoms in total. The van der Waals surface area contributed by atoms with Crippen molar-refractivity contribution >= 4 is 24.2 Å². The van der Waals surface area contributed by atoms with Crippen LogP contribution in [0.3, 0.4) is 0 Å². The summed E-state index contributed by atoms with van der Waals surface area (Å²) in [5.41, 5.74) is 6.09. The molecule has 0 aliphatic carbocycles. The molecule has 2 rings (SSSR count). The Morgan fingerprint density at radius 1 is 1.17 bits per heavy atom. The third-order valence-electron chi connectivity index (χ3n) is 3.67. The first kappa shape index (κ1) is 21.3. The lowest BCUT2D eigenvalue weighted by atomic mass is 10.1. The molecule has 0 unspecified atom stereocenters. The molecular formula is C20H21N5O4. The minimum absolute atomic E-state index is 0.208. The number of nitrogens with one attached hydrogen (secondary N) is 2. The van der Waals surface area contributed by atoms with Crippen LogP contribution in [0.25, 0.3) is 0 Å². The predicted octanol–water partition coefficient (Wildman–Crippen LogP) is 2.49. The highest BCUT2D eigenvalue weighted by Crippen LogP contribution is 2.13. The number of carbonyl (C=O) groups excluding carboxylic acids is 2. The highest BCUT2D eigenvalue weighted by molar-refractivity contribution is 6.01. The number of furan rings is 1. The monoisotopic (exact) mass is 395 g/mol. The fourth-order valence-electron chi connectivity index (χ4n) is 2.26. The van der Waals surface area contributed by atoms with E-state index in [1.54, 1.807) is 32.1 Å². The number of hydrogen-bond donors (Lipinski definition) is 2. The number of aryl methyl sites for hydroxylation is 2. The second-order valence-corrected chi connectivity index (χ2v) is 5.68. The third-order valence-corrected chi connectivity index (χ3v) is 3.67. The molecule has 0 saturated heterocycles. The van der Waals surface area contributed by atoms with E-state index < -0.39 is 11.8 Å². The quantitative estimate of drug-likeness (QED) is 0.308. The average Bonchev–Trinajstić information content (AvgIpc) is 3.20. The fraction of sp³-hybridized carbons (Fsp3) is 0.150. The van der Waals surface area contributed by atoms with E-state index in [4.69, 9.17) is 9.15 Å². The van der Waals surface area contributed by atoms with Crippen LogP contribution in [0.15, 0.2) is 63.6 Å². The molecule has 150 valence electrons. The van der Waals surface area contributed by atoms with Crippen molar-refractivity contribution in [2.75, 3.05) is 7.11 Å². The second-order valence-electron chi connectivity index (χ2n) is 5.68. The first-order valence-electron chi connectivity index (χ1n) is 8.51. The topological polar surface area (TPSA) is 118 Å². The number of hydrazone groups is 2. The average molecular weight is 395 g/mol. The van der Waals surface area contributed by atoms with Crippen LogP contribution in [0.2, 0.25) is 0 Å². The number of allylic oxidation sites excluding steroid dienone is 3. The molecule has 2 aromatic heterocycles. The summed E-state index contributed by atoms with van der Waals surface area (Å²) in [7, 11) is 1.47. The van der Waals surface area contributed by atoms with Crippen molar-refractivity contribution in [3.63, 3.8) is 0 Å². The zero-order valence-corrected chi connectivity index (χ0v) is 16.3. The van der Waals surface area contributed by atoms with E-state index in [0.29, 0.717) is 22.9 Å². The van der Waals surface area contributed by atoms with Crippen molar-refractivity contribution in [2.45, 2.75) is 13.8 Å². The van der Waals surface area contributed by atoms with Gasteiger partial charge in [0.1, 0.15) is 11.5 Å². The lowest BCUT2D eigenvalue weighted by Crippen LogP contribution is -2.23. The standard InChI is InChI=1S/C20H21N5O4/c1-5-7-15(28-4)11-21-24-19(26)17-10-18(14(3)23-13(17)2)20(27)25-22-12-16-8-6-9-29-16/h5-12H,1H2,2-4H3,(H,24,26)(H,25,27). The van der Waals surface area contributed by atoms with Gasteiger partial charge in [-0.25, -0.2) is 10.9 Å². The zero-order valence-electron chi connectivity index (χ0n) is 16.3. The van der Waals surface area contributed by atoms with E-state index in [9.17, 15) is 9.59 Å². The molecule has 0 atom stereocenters. The molecule has 0 radical (unpaired) electrons. The fourth-order valence-corrected chi connectivity index (χ4v) is 2.26. The van der Waals surface area contributed by atoms with Gasteiger partial charge in [0, 0.05) is 0 Å². The van der Waals surface area contributed by atoms with Crippen LogP contribution in [0, 0.1) is 13.8 Å². The maximum atomic E-state index is 12.4. The van der Waals surface area contributed by atoms with E-state index in [0.717, 1.165) is 0 Å². The number of pyridine rings is 1. The Bertz CT molecular complexity index is 975. The van der Waals surface area contributed by atoms with Gasteiger partial charge in [0.15, 0.2) is 0 Å². The molecule has 0 bridgehead atoms. The molecule has 0 fully saturated rings. The highest BCUT2D eigenvalue weighted by Gasteiger charge is 2.17. The van der Waals surface area contributed by atoms with E-state index in [1.807, 2.05) is 0 Å². The van der Waals surface area contributed by atoms with Crippen LogP contribution in [0.1, 0.15) is 37.9 Å². The molecular weight excluding hydrogens is 374 g/mol. The Morgan fingerprint density at radius 3 is 2.38 bits per heavy atom. The Kier molecular flexibility index (Phi) is 7.60. The molecule has 2 heterocycles. The maximum Gasteiger partial charge on any atom is 0.273 e. The van der Waals surface area contributed by atoms with Crippen LogP contribution >= 0.6 is 0 Å². The molecule has 9 heteroatoms. The molecule has 2 N–H and O–H groups in total. The number of amides is 2. The number of nitrogens with zero attached hydrogens (tertiary/aromatic N) is 3. The van der Waals surface area contributed by atoms with Gasteiger partial charge in [-0.05, 0) is 38.1 Å². The number of rotatable bonds is 8. The minimum Gasteiger partial charge on any atom is -0.495 e. The van der Waals surface area contributed by atoms with Gasteiger partial charge >= 0.3 is 0 Å². The predicted molar refractivity (Wildman–Crippen MR) is 109 cm³/mol. The summed E-state index contributed by atoms with van der Waals surface area (Å²) in [6, 6.07) is 4.83. The first-order chi connectivity index (χ1) is 14.0. The summed E-state index contributed by atoms with van der Waals surface area (Å²) < 4.78 is 10.1. The second kappa shape index (κ2) is 10.4. The smallest absolute Gasteiger partial charge is 0.273 e. The number of ether oxygens (including phenoxy) is 1. The highest BCUT2D eigenvalue weighted by atomic mass is 16.5. The van der Waals surface area contributed by atoms with Crippen molar-refractivity contribution in [3.05, 3.63) is 77.2 Å². The van der Waals surface area contributed by atoms with Crippen molar-refractivity contribution in [2.24, 2.45) is 10.2 Å². The lowest BCUT2D eigenvalue weighted by Gasteiger charge is -2.09. The molecule has 0 aliphatic heterocycles. The van der Waals surface area contributed by atoms with E-state index in [2.05, 4.69) is 32.6 Å². The Hall–Kier alpha value is -4.01. The van der Waals surface area contributed by atoms with Crippen molar-refractivity contribution in [1.82, 2.24) is 15.8 Å². The Labute approximate surface area is 167 Å². The molecule has 29 heavy (non-hydrogen) atoms. The molecule has 0 saturated carbocycles. The lowest BCUT2D eigenvalue weighted by molar-refractivity contribution is 0.0954. The van der Waals surface area contributed by atoms with Gasteiger partial charge < -0.3 is 9.15 Å². The molecule has 0 spiro atoms. The summed E-state index contributed by atoms with van der Waals surface area (Å²) in [4.78, 5) is 29.1. The summed E-state index contributed by atoms with van der Waals surface area (Å²) in [5.74, 6) is -0.129. The van der Waals surface area contributed by atoms with Gasteiger partial charge in [0.2, 0.25) is 0 Å². The summed E-state index contributed by atoms with van der Waals surface area (Å²) >= 11 is 0. The third kappa shape index (κ3) is 5.99. The van der Waals surface area contributed by atoms with Gasteiger partial charge in [-0.15, -0.1) is 0 Å². The van der Waals surface area contributed by atoms with E-state index >= 15 is 0 Å². The van der Waals surface area contributed by atoms with Gasteiger partial charge in [0.25, 0.3) is 11.8 Å². The molecule has 2 aromatic rings. The summed E-state index contributed by atoms with van der Waals surface area (Å²) in [5, 5.41) is 7.65. The number of methoxy groups -OCH3 is 1. The molecule has 0 aliphatic rings. The van der Waals surface area contributed by atoms with Crippen LogP contribution in [0.5, 0.6) is 0 Å². The largest absolute Gasteiger partial charge is 0.495 e. The summed E-state index contributed by atoms with van der Waals surface area (Å²) in [6.45, 7) is 6.89.